The van der Waals surface area contributed by atoms with Crippen LogP contribution < -0.4 is 5.32 Å². The molecule has 30 heavy (non-hydrogen) atoms. The fourth-order valence-corrected chi connectivity index (χ4v) is 4.30. The summed E-state index contributed by atoms with van der Waals surface area (Å²) >= 11 is 6.61. The van der Waals surface area contributed by atoms with Crippen LogP contribution >= 0.6 is 24.0 Å². The highest BCUT2D eigenvalue weighted by molar-refractivity contribution is 8.26. The average Bonchev–Trinajstić information content (AvgIpc) is 2.96. The van der Waals surface area contributed by atoms with E-state index in [-0.39, 0.29) is 18.2 Å². The molecule has 1 aliphatic heterocycles. The number of carbonyl (C=O) groups excluding carboxylic acids is 2. The lowest BCUT2D eigenvalue weighted by atomic mass is 10.1. The van der Waals surface area contributed by atoms with Crippen molar-refractivity contribution in [2.75, 3.05) is 11.9 Å². The van der Waals surface area contributed by atoms with Crippen LogP contribution in [0, 0.1) is 5.82 Å². The maximum atomic E-state index is 13.2. The Morgan fingerprint density at radius 1 is 1.20 bits per heavy atom. The first-order valence-electron chi connectivity index (χ1n) is 9.46. The number of hydrogen-bond acceptors (Lipinski definition) is 4. The van der Waals surface area contributed by atoms with E-state index in [0.29, 0.717) is 27.9 Å². The molecule has 154 valence electrons. The molecule has 1 N–H and O–H groups in total. The molecule has 2 aromatic rings. The van der Waals surface area contributed by atoms with Crippen molar-refractivity contribution in [3.63, 3.8) is 0 Å². The SMILES string of the molecule is CC(/C=C1\SC(=S)N(CCCC(=O)Nc2cccc(F)c2)C1=O)=C\c1ccccc1. The molecule has 1 fully saturated rings. The number of nitrogens with one attached hydrogen (secondary N) is 1. The highest BCUT2D eigenvalue weighted by atomic mass is 32.2. The zero-order valence-corrected chi connectivity index (χ0v) is 18.1. The normalized spacial score (nSPS) is 15.7. The monoisotopic (exact) mass is 440 g/mol. The first kappa shape index (κ1) is 21.9. The summed E-state index contributed by atoms with van der Waals surface area (Å²) in [4.78, 5) is 26.8. The summed E-state index contributed by atoms with van der Waals surface area (Å²) in [5, 5.41) is 2.65. The molecule has 0 aromatic heterocycles. The maximum Gasteiger partial charge on any atom is 0.266 e. The van der Waals surface area contributed by atoms with Crippen molar-refractivity contribution in [2.45, 2.75) is 19.8 Å². The minimum absolute atomic E-state index is 0.142. The van der Waals surface area contributed by atoms with Crippen LogP contribution in [-0.2, 0) is 9.59 Å². The molecule has 2 aromatic carbocycles. The van der Waals surface area contributed by atoms with Gasteiger partial charge in [0.2, 0.25) is 5.91 Å². The second-order valence-corrected chi connectivity index (χ2v) is 8.47. The topological polar surface area (TPSA) is 49.4 Å². The van der Waals surface area contributed by atoms with E-state index in [1.165, 1.54) is 34.9 Å². The highest BCUT2D eigenvalue weighted by Gasteiger charge is 2.31. The van der Waals surface area contributed by atoms with Crippen molar-refractivity contribution in [2.24, 2.45) is 0 Å². The minimum atomic E-state index is -0.409. The Bertz CT molecular complexity index is 1020. The summed E-state index contributed by atoms with van der Waals surface area (Å²) in [6, 6.07) is 15.6. The summed E-state index contributed by atoms with van der Waals surface area (Å²) < 4.78 is 13.7. The molecule has 3 rings (SSSR count). The van der Waals surface area contributed by atoms with Crippen molar-refractivity contribution in [1.29, 1.82) is 0 Å². The van der Waals surface area contributed by atoms with Gasteiger partial charge in [-0.25, -0.2) is 4.39 Å². The molecule has 2 amide bonds. The molecule has 1 saturated heterocycles. The van der Waals surface area contributed by atoms with E-state index in [0.717, 1.165) is 11.1 Å². The summed E-state index contributed by atoms with van der Waals surface area (Å²) in [7, 11) is 0. The molecule has 0 saturated carbocycles. The van der Waals surface area contributed by atoms with Gasteiger partial charge in [0.1, 0.15) is 10.1 Å². The lowest BCUT2D eigenvalue weighted by Gasteiger charge is -2.14. The second-order valence-electron chi connectivity index (χ2n) is 6.79. The molecule has 0 spiro atoms. The maximum absolute atomic E-state index is 13.2. The van der Waals surface area contributed by atoms with Crippen molar-refractivity contribution >= 4 is 51.9 Å². The van der Waals surface area contributed by atoms with Gasteiger partial charge in [-0.1, -0.05) is 66.5 Å². The molecule has 0 aliphatic carbocycles. The number of thiocarbonyl (C=S) groups is 1. The van der Waals surface area contributed by atoms with Gasteiger partial charge in [-0.3, -0.25) is 14.5 Å². The number of nitrogens with zero attached hydrogens (tertiary/aromatic N) is 1. The van der Waals surface area contributed by atoms with E-state index in [1.807, 2.05) is 49.4 Å². The number of halogens is 1. The van der Waals surface area contributed by atoms with Crippen molar-refractivity contribution in [3.8, 4) is 0 Å². The molecule has 1 heterocycles. The van der Waals surface area contributed by atoms with Crippen molar-refractivity contribution < 1.29 is 14.0 Å². The Hall–Kier alpha value is -2.77. The zero-order chi connectivity index (χ0) is 21.5. The van der Waals surface area contributed by atoms with Gasteiger partial charge in [0.25, 0.3) is 5.91 Å². The van der Waals surface area contributed by atoms with Crippen LogP contribution in [0.1, 0.15) is 25.3 Å². The van der Waals surface area contributed by atoms with Crippen LogP contribution in [0.4, 0.5) is 10.1 Å². The molecule has 0 radical (unpaired) electrons. The van der Waals surface area contributed by atoms with Gasteiger partial charge >= 0.3 is 0 Å². The van der Waals surface area contributed by atoms with Crippen LogP contribution in [0.25, 0.3) is 6.08 Å². The van der Waals surface area contributed by atoms with Gasteiger partial charge < -0.3 is 5.32 Å². The van der Waals surface area contributed by atoms with Gasteiger partial charge in [0.05, 0.1) is 4.91 Å². The van der Waals surface area contributed by atoms with Gasteiger partial charge in [-0.05, 0) is 48.8 Å². The number of amides is 2. The van der Waals surface area contributed by atoms with Crippen LogP contribution in [0.15, 0.2) is 71.2 Å². The molecule has 0 unspecified atom stereocenters. The van der Waals surface area contributed by atoms with Crippen LogP contribution in [0.5, 0.6) is 0 Å². The van der Waals surface area contributed by atoms with Crippen molar-refractivity contribution in [1.82, 2.24) is 4.90 Å². The van der Waals surface area contributed by atoms with Gasteiger partial charge in [-0.15, -0.1) is 0 Å². The summed E-state index contributed by atoms with van der Waals surface area (Å²) in [6.45, 7) is 2.30. The molecule has 0 bridgehead atoms. The van der Waals surface area contributed by atoms with Crippen LogP contribution in [-0.4, -0.2) is 27.6 Å². The van der Waals surface area contributed by atoms with Gasteiger partial charge in [0.15, 0.2) is 0 Å². The van der Waals surface area contributed by atoms with E-state index >= 15 is 0 Å². The fraction of sp³-hybridized carbons (Fsp3) is 0.174. The summed E-state index contributed by atoms with van der Waals surface area (Å²) in [5.74, 6) is -0.784. The average molecular weight is 441 g/mol. The predicted octanol–water partition coefficient (Wildman–Crippen LogP) is 5.39. The quantitative estimate of drug-likeness (QED) is 0.463. The molecule has 0 atom stereocenters. The third-order valence-electron chi connectivity index (χ3n) is 4.32. The second kappa shape index (κ2) is 10.3. The van der Waals surface area contributed by atoms with E-state index in [4.69, 9.17) is 12.2 Å². The van der Waals surface area contributed by atoms with Crippen LogP contribution in [0.3, 0.4) is 0 Å². The standard InChI is InChI=1S/C23H21FN2O2S2/c1-16(13-17-7-3-2-4-8-17)14-20-22(28)26(23(29)30-20)12-6-11-21(27)25-19-10-5-9-18(24)15-19/h2-5,7-10,13-15H,6,11-12H2,1H3,(H,25,27)/b16-13+,20-14-. The number of allylic oxidation sites excluding steroid dienone is 2. The highest BCUT2D eigenvalue weighted by Crippen LogP contribution is 2.32. The van der Waals surface area contributed by atoms with Crippen molar-refractivity contribution in [3.05, 3.63) is 82.5 Å². The molecule has 1 aliphatic rings. The summed E-state index contributed by atoms with van der Waals surface area (Å²) in [6.07, 6.45) is 4.51. The largest absolute Gasteiger partial charge is 0.326 e. The molecular formula is C23H21FN2O2S2. The first-order chi connectivity index (χ1) is 14.4. The lowest BCUT2D eigenvalue weighted by Crippen LogP contribution is -2.29. The molecule has 7 heteroatoms. The van der Waals surface area contributed by atoms with Gasteiger partial charge in [0, 0.05) is 18.7 Å². The minimum Gasteiger partial charge on any atom is -0.326 e. The third kappa shape index (κ3) is 6.11. The van der Waals surface area contributed by atoms with Crippen LogP contribution in [0.2, 0.25) is 0 Å². The number of benzene rings is 2. The smallest absolute Gasteiger partial charge is 0.266 e. The Balaban J connectivity index is 1.53. The third-order valence-corrected chi connectivity index (χ3v) is 5.70. The first-order valence-corrected chi connectivity index (χ1v) is 10.7. The summed E-state index contributed by atoms with van der Waals surface area (Å²) in [5.41, 5.74) is 2.43. The van der Waals surface area contributed by atoms with E-state index < -0.39 is 5.82 Å². The van der Waals surface area contributed by atoms with E-state index in [1.54, 1.807) is 6.07 Å². The number of thioether (sulfide) groups is 1. The van der Waals surface area contributed by atoms with E-state index in [2.05, 4.69) is 5.32 Å². The molecular weight excluding hydrogens is 419 g/mol. The number of rotatable bonds is 7. The van der Waals surface area contributed by atoms with E-state index in [9.17, 15) is 14.0 Å². The lowest BCUT2D eigenvalue weighted by molar-refractivity contribution is -0.122. The molecule has 4 nitrogen and oxygen atoms in total. The Kier molecular flexibility index (Phi) is 7.54. The number of anilines is 1. The Labute approximate surface area is 184 Å². The Morgan fingerprint density at radius 2 is 1.97 bits per heavy atom. The van der Waals surface area contributed by atoms with Gasteiger partial charge in [-0.2, -0.15) is 0 Å². The predicted molar refractivity (Wildman–Crippen MR) is 124 cm³/mol. The fourth-order valence-electron chi connectivity index (χ4n) is 2.94. The zero-order valence-electron chi connectivity index (χ0n) is 16.4. The number of hydrogen-bond donors (Lipinski definition) is 1. The number of carbonyl (C=O) groups is 2. The Morgan fingerprint density at radius 3 is 2.70 bits per heavy atom.